The molecule has 1 fully saturated rings. The van der Waals surface area contributed by atoms with Crippen molar-refractivity contribution in [3.05, 3.63) is 24.4 Å². The molecule has 6 heteroatoms. The van der Waals surface area contributed by atoms with E-state index in [1.807, 2.05) is 6.08 Å². The molecule has 0 aliphatic carbocycles. The summed E-state index contributed by atoms with van der Waals surface area (Å²) >= 11 is 0. The maximum Gasteiger partial charge on any atom is 0.240 e. The van der Waals surface area contributed by atoms with Crippen molar-refractivity contribution in [2.24, 2.45) is 0 Å². The Kier molecular flexibility index (Phi) is 5.07. The first kappa shape index (κ1) is 14.2. The molecule has 2 rings (SSSR count). The van der Waals surface area contributed by atoms with Crippen LogP contribution in [0.4, 0.5) is 0 Å². The van der Waals surface area contributed by atoms with Gasteiger partial charge in [0.05, 0.1) is 6.54 Å². The minimum Gasteiger partial charge on any atom is -0.338 e. The number of likely N-dealkylation sites (N-methyl/N-ethyl adjacent to an activating group) is 2. The summed E-state index contributed by atoms with van der Waals surface area (Å²) in [6.07, 6.45) is 2.65. The van der Waals surface area contributed by atoms with Gasteiger partial charge in [0.25, 0.3) is 0 Å². The van der Waals surface area contributed by atoms with Crippen LogP contribution in [-0.4, -0.2) is 66.3 Å². The molecule has 106 valence electrons. The average Bonchev–Trinajstić information content (AvgIpc) is 2.82. The van der Waals surface area contributed by atoms with E-state index in [0.717, 1.165) is 38.4 Å². The lowest BCUT2D eigenvalue weighted by molar-refractivity contribution is 0.113. The number of hydrogen-bond donors (Lipinski definition) is 1. The summed E-state index contributed by atoms with van der Waals surface area (Å²) in [7, 11) is 4.31. The minimum atomic E-state index is 0.463. The molecule has 1 unspecified atom stereocenters. The zero-order chi connectivity index (χ0) is 13.7. The third-order valence-electron chi connectivity index (χ3n) is 3.47. The molecular formula is C13H23N5O. The Hall–Kier alpha value is -1.24. The van der Waals surface area contributed by atoms with E-state index in [9.17, 15) is 0 Å². The van der Waals surface area contributed by atoms with E-state index in [1.165, 1.54) is 0 Å². The second-order valence-corrected chi connectivity index (χ2v) is 5.12. The molecule has 1 aliphatic heterocycles. The van der Waals surface area contributed by atoms with Crippen LogP contribution in [-0.2, 0) is 13.0 Å². The average molecular weight is 265 g/mol. The topological polar surface area (TPSA) is 57.4 Å². The van der Waals surface area contributed by atoms with Gasteiger partial charge in [0.15, 0.2) is 5.82 Å². The van der Waals surface area contributed by atoms with Gasteiger partial charge in [0, 0.05) is 38.6 Å². The van der Waals surface area contributed by atoms with Crippen molar-refractivity contribution in [3.63, 3.8) is 0 Å². The largest absolute Gasteiger partial charge is 0.338 e. The standard InChI is InChI=1S/C13H23N5O/c1-4-5-14-9-13-15-12(16-19-13)8-11-10-17(2)6-7-18(11)3/h4,11,14H,1,5-10H2,2-3H3. The van der Waals surface area contributed by atoms with E-state index in [1.54, 1.807) is 0 Å². The SMILES string of the molecule is C=CCNCc1nc(CC2CN(C)CCN2C)no1. The molecule has 2 heterocycles. The van der Waals surface area contributed by atoms with Crippen LogP contribution in [0.1, 0.15) is 11.7 Å². The normalized spacial score (nSPS) is 21.7. The molecule has 1 saturated heterocycles. The summed E-state index contributed by atoms with van der Waals surface area (Å²) in [6.45, 7) is 8.25. The summed E-state index contributed by atoms with van der Waals surface area (Å²) in [5.41, 5.74) is 0. The third-order valence-corrected chi connectivity index (χ3v) is 3.47. The van der Waals surface area contributed by atoms with Gasteiger partial charge in [-0.05, 0) is 14.1 Å². The van der Waals surface area contributed by atoms with Crippen LogP contribution in [0, 0.1) is 0 Å². The molecule has 6 nitrogen and oxygen atoms in total. The van der Waals surface area contributed by atoms with Crippen molar-refractivity contribution in [3.8, 4) is 0 Å². The van der Waals surface area contributed by atoms with Crippen LogP contribution >= 0.6 is 0 Å². The van der Waals surface area contributed by atoms with Gasteiger partial charge < -0.3 is 19.6 Å². The van der Waals surface area contributed by atoms with Crippen molar-refractivity contribution in [2.75, 3.05) is 40.3 Å². The number of piperazine rings is 1. The fourth-order valence-corrected chi connectivity index (χ4v) is 2.26. The Balaban J connectivity index is 1.86. The van der Waals surface area contributed by atoms with Crippen LogP contribution in [0.3, 0.4) is 0 Å². The Morgan fingerprint density at radius 2 is 2.32 bits per heavy atom. The van der Waals surface area contributed by atoms with Gasteiger partial charge in [-0.1, -0.05) is 11.2 Å². The number of aromatic nitrogens is 2. The fourth-order valence-electron chi connectivity index (χ4n) is 2.26. The molecule has 1 aromatic rings. The summed E-state index contributed by atoms with van der Waals surface area (Å²) in [4.78, 5) is 9.13. The van der Waals surface area contributed by atoms with Gasteiger partial charge in [0.1, 0.15) is 0 Å². The highest BCUT2D eigenvalue weighted by atomic mass is 16.5. The monoisotopic (exact) mass is 265 g/mol. The van der Waals surface area contributed by atoms with E-state index < -0.39 is 0 Å². The van der Waals surface area contributed by atoms with Crippen LogP contribution in [0.15, 0.2) is 17.2 Å². The van der Waals surface area contributed by atoms with E-state index in [4.69, 9.17) is 4.52 Å². The molecule has 1 aliphatic rings. The highest BCUT2D eigenvalue weighted by Gasteiger charge is 2.24. The lowest BCUT2D eigenvalue weighted by Gasteiger charge is -2.37. The Bertz CT molecular complexity index is 405. The highest BCUT2D eigenvalue weighted by Crippen LogP contribution is 2.10. The summed E-state index contributed by atoms with van der Waals surface area (Å²) in [6, 6.07) is 0.463. The van der Waals surface area contributed by atoms with Gasteiger partial charge in [-0.25, -0.2) is 0 Å². The third kappa shape index (κ3) is 4.12. The molecule has 0 radical (unpaired) electrons. The minimum absolute atomic E-state index is 0.463. The van der Waals surface area contributed by atoms with Crippen molar-refractivity contribution in [1.29, 1.82) is 0 Å². The molecule has 0 spiro atoms. The van der Waals surface area contributed by atoms with Gasteiger partial charge in [-0.15, -0.1) is 6.58 Å². The highest BCUT2D eigenvalue weighted by molar-refractivity contribution is 4.93. The maximum atomic E-state index is 5.22. The molecule has 0 saturated carbocycles. The van der Waals surface area contributed by atoms with Crippen molar-refractivity contribution in [2.45, 2.75) is 19.0 Å². The first-order chi connectivity index (χ1) is 9.19. The Morgan fingerprint density at radius 1 is 1.47 bits per heavy atom. The maximum absolute atomic E-state index is 5.22. The molecule has 19 heavy (non-hydrogen) atoms. The van der Waals surface area contributed by atoms with Crippen molar-refractivity contribution >= 4 is 0 Å². The zero-order valence-corrected chi connectivity index (χ0v) is 11.8. The van der Waals surface area contributed by atoms with E-state index >= 15 is 0 Å². The predicted octanol–water partition coefficient (Wildman–Crippen LogP) is 0.134. The van der Waals surface area contributed by atoms with E-state index in [0.29, 0.717) is 18.5 Å². The molecule has 1 atom stereocenters. The first-order valence-corrected chi connectivity index (χ1v) is 6.71. The van der Waals surface area contributed by atoms with Crippen molar-refractivity contribution < 1.29 is 4.52 Å². The lowest BCUT2D eigenvalue weighted by Crippen LogP contribution is -2.50. The molecule has 0 amide bonds. The first-order valence-electron chi connectivity index (χ1n) is 6.71. The van der Waals surface area contributed by atoms with Crippen LogP contribution in [0.5, 0.6) is 0 Å². The number of rotatable bonds is 6. The van der Waals surface area contributed by atoms with Gasteiger partial charge in [0.2, 0.25) is 5.89 Å². The van der Waals surface area contributed by atoms with E-state index in [-0.39, 0.29) is 0 Å². The summed E-state index contributed by atoms with van der Waals surface area (Å²) < 4.78 is 5.22. The summed E-state index contributed by atoms with van der Waals surface area (Å²) in [5.74, 6) is 1.44. The fraction of sp³-hybridized carbons (Fsp3) is 0.692. The van der Waals surface area contributed by atoms with Crippen LogP contribution in [0.2, 0.25) is 0 Å². The Labute approximate surface area is 114 Å². The van der Waals surface area contributed by atoms with E-state index in [2.05, 4.69) is 45.9 Å². The molecule has 1 aromatic heterocycles. The second kappa shape index (κ2) is 6.79. The van der Waals surface area contributed by atoms with Gasteiger partial charge in [-0.3, -0.25) is 0 Å². The number of nitrogens with one attached hydrogen (secondary N) is 1. The molecule has 0 aromatic carbocycles. The predicted molar refractivity (Wildman–Crippen MR) is 73.8 cm³/mol. The Morgan fingerprint density at radius 3 is 3.11 bits per heavy atom. The molecule has 1 N–H and O–H groups in total. The number of nitrogens with zero attached hydrogens (tertiary/aromatic N) is 4. The number of hydrogen-bond acceptors (Lipinski definition) is 6. The quantitative estimate of drug-likeness (QED) is 0.583. The second-order valence-electron chi connectivity index (χ2n) is 5.12. The lowest BCUT2D eigenvalue weighted by atomic mass is 10.1. The van der Waals surface area contributed by atoms with Crippen molar-refractivity contribution in [1.82, 2.24) is 25.3 Å². The van der Waals surface area contributed by atoms with Gasteiger partial charge in [-0.2, -0.15) is 4.98 Å². The van der Waals surface area contributed by atoms with Crippen LogP contribution in [0.25, 0.3) is 0 Å². The van der Waals surface area contributed by atoms with Crippen LogP contribution < -0.4 is 5.32 Å². The summed E-state index contributed by atoms with van der Waals surface area (Å²) in [5, 5.41) is 7.20. The molecular weight excluding hydrogens is 242 g/mol. The zero-order valence-electron chi connectivity index (χ0n) is 11.8. The van der Waals surface area contributed by atoms with Gasteiger partial charge >= 0.3 is 0 Å². The molecule has 0 bridgehead atoms. The smallest absolute Gasteiger partial charge is 0.240 e.